The molecule has 0 spiro atoms. The molecule has 2 heterocycles. The van der Waals surface area contributed by atoms with Gasteiger partial charge < -0.3 is 15.7 Å². The molecule has 20 heavy (non-hydrogen) atoms. The van der Waals surface area contributed by atoms with Crippen molar-refractivity contribution in [3.05, 3.63) is 17.0 Å². The number of carbonyl (C=O) groups is 1. The quantitative estimate of drug-likeness (QED) is 0.642. The van der Waals surface area contributed by atoms with Crippen molar-refractivity contribution in [3.63, 3.8) is 0 Å². The second kappa shape index (κ2) is 7.61. The molecule has 0 saturated heterocycles. The lowest BCUT2D eigenvalue weighted by molar-refractivity contribution is 0.0933. The van der Waals surface area contributed by atoms with E-state index in [1.165, 1.54) is 0 Å². The molecular weight excluding hydrogens is 280 g/mol. The summed E-state index contributed by atoms with van der Waals surface area (Å²) in [6, 6.07) is 0. The van der Waals surface area contributed by atoms with Crippen LogP contribution >= 0.6 is 12.4 Å². The van der Waals surface area contributed by atoms with Crippen molar-refractivity contribution < 1.29 is 9.90 Å². The lowest BCUT2D eigenvalue weighted by Gasteiger charge is -2.15. The van der Waals surface area contributed by atoms with E-state index in [1.54, 1.807) is 6.92 Å². The first-order valence-electron chi connectivity index (χ1n) is 6.81. The van der Waals surface area contributed by atoms with Crippen molar-refractivity contribution in [3.8, 4) is 0 Å². The molecule has 2 rings (SSSR count). The molecule has 0 bridgehead atoms. The monoisotopic (exact) mass is 302 g/mol. The van der Waals surface area contributed by atoms with E-state index >= 15 is 0 Å². The van der Waals surface area contributed by atoms with Crippen LogP contribution in [0.4, 0.5) is 0 Å². The molecule has 1 amide bonds. The maximum atomic E-state index is 12.1. The van der Waals surface area contributed by atoms with Crippen LogP contribution in [0, 0.1) is 5.92 Å². The number of nitrogens with zero attached hydrogens (tertiary/aromatic N) is 1. The molecule has 0 aromatic carbocycles. The van der Waals surface area contributed by atoms with E-state index in [9.17, 15) is 9.90 Å². The Kier molecular flexibility index (Phi) is 6.45. The largest absolute Gasteiger partial charge is 0.393 e. The Morgan fingerprint density at radius 3 is 2.95 bits per heavy atom. The number of halogens is 1. The van der Waals surface area contributed by atoms with Crippen molar-refractivity contribution in [1.29, 1.82) is 0 Å². The fourth-order valence-corrected chi connectivity index (χ4v) is 2.43. The zero-order chi connectivity index (χ0) is 13.8. The molecule has 1 aliphatic heterocycles. The second-order valence-corrected chi connectivity index (χ2v) is 5.36. The normalized spacial score (nSPS) is 16.8. The van der Waals surface area contributed by atoms with E-state index in [4.69, 9.17) is 0 Å². The molecule has 1 aliphatic rings. The average molecular weight is 303 g/mol. The highest BCUT2D eigenvalue weighted by Crippen LogP contribution is 2.15. The standard InChI is InChI=1S/C13H22N4O2.ClH/c1-8(5-9(2)18)6-15-13(19)12-10-7-14-4-3-11(10)16-17-12;/h8-9,14,18H,3-7H2,1-2H3,(H,15,19)(H,16,17);1H. The highest BCUT2D eigenvalue weighted by atomic mass is 35.5. The summed E-state index contributed by atoms with van der Waals surface area (Å²) in [4.78, 5) is 12.1. The van der Waals surface area contributed by atoms with Gasteiger partial charge in [-0.15, -0.1) is 12.4 Å². The van der Waals surface area contributed by atoms with Gasteiger partial charge in [0.25, 0.3) is 5.91 Å². The van der Waals surface area contributed by atoms with Crippen molar-refractivity contribution in [1.82, 2.24) is 20.8 Å². The molecule has 1 aromatic rings. The van der Waals surface area contributed by atoms with Crippen LogP contribution in [0.25, 0.3) is 0 Å². The smallest absolute Gasteiger partial charge is 0.272 e. The third kappa shape index (κ3) is 4.19. The summed E-state index contributed by atoms with van der Waals surface area (Å²) in [7, 11) is 0. The Morgan fingerprint density at radius 1 is 1.50 bits per heavy atom. The summed E-state index contributed by atoms with van der Waals surface area (Å²) in [5.41, 5.74) is 2.53. The summed E-state index contributed by atoms with van der Waals surface area (Å²) in [5.74, 6) is 0.107. The number of aromatic nitrogens is 2. The van der Waals surface area contributed by atoms with Gasteiger partial charge in [0.2, 0.25) is 0 Å². The molecular formula is C13H23ClN4O2. The van der Waals surface area contributed by atoms with Crippen LogP contribution in [0.3, 0.4) is 0 Å². The fourth-order valence-electron chi connectivity index (χ4n) is 2.43. The van der Waals surface area contributed by atoms with Crippen LogP contribution in [-0.2, 0) is 13.0 Å². The Balaban J connectivity index is 0.00000200. The van der Waals surface area contributed by atoms with Crippen LogP contribution < -0.4 is 10.6 Å². The second-order valence-electron chi connectivity index (χ2n) is 5.36. The first-order chi connectivity index (χ1) is 9.08. The summed E-state index contributed by atoms with van der Waals surface area (Å²) in [6.45, 7) is 5.93. The van der Waals surface area contributed by atoms with Gasteiger partial charge in [-0.25, -0.2) is 0 Å². The minimum Gasteiger partial charge on any atom is -0.393 e. The number of rotatable bonds is 5. The number of carbonyl (C=O) groups excluding carboxylic acids is 1. The van der Waals surface area contributed by atoms with E-state index in [1.807, 2.05) is 6.92 Å². The highest BCUT2D eigenvalue weighted by Gasteiger charge is 2.21. The Bertz CT molecular complexity index is 448. The van der Waals surface area contributed by atoms with Gasteiger partial charge in [0.15, 0.2) is 5.69 Å². The Labute approximate surface area is 125 Å². The molecule has 4 N–H and O–H groups in total. The molecule has 1 aromatic heterocycles. The predicted molar refractivity (Wildman–Crippen MR) is 79.0 cm³/mol. The lowest BCUT2D eigenvalue weighted by atomic mass is 10.0. The van der Waals surface area contributed by atoms with E-state index in [-0.39, 0.29) is 30.3 Å². The maximum Gasteiger partial charge on any atom is 0.272 e. The van der Waals surface area contributed by atoms with Crippen LogP contribution in [0.1, 0.15) is 42.0 Å². The zero-order valence-electron chi connectivity index (χ0n) is 11.9. The van der Waals surface area contributed by atoms with Gasteiger partial charge in [-0.1, -0.05) is 6.92 Å². The van der Waals surface area contributed by atoms with Crippen LogP contribution in [0.5, 0.6) is 0 Å². The van der Waals surface area contributed by atoms with Crippen molar-refractivity contribution in [2.45, 2.75) is 39.3 Å². The van der Waals surface area contributed by atoms with Gasteiger partial charge in [0, 0.05) is 37.3 Å². The predicted octanol–water partition coefficient (Wildman–Crippen LogP) is 0.614. The van der Waals surface area contributed by atoms with Gasteiger partial charge in [-0.3, -0.25) is 9.89 Å². The van der Waals surface area contributed by atoms with Gasteiger partial charge >= 0.3 is 0 Å². The number of aliphatic hydroxyl groups excluding tert-OH is 1. The summed E-state index contributed by atoms with van der Waals surface area (Å²) in [6.07, 6.45) is 1.23. The number of hydrogen-bond donors (Lipinski definition) is 4. The summed E-state index contributed by atoms with van der Waals surface area (Å²) >= 11 is 0. The van der Waals surface area contributed by atoms with Crippen molar-refractivity contribution in [2.75, 3.05) is 13.1 Å². The first kappa shape index (κ1) is 16.9. The molecule has 114 valence electrons. The number of nitrogens with one attached hydrogen (secondary N) is 3. The van der Waals surface area contributed by atoms with Crippen LogP contribution in [0.2, 0.25) is 0 Å². The van der Waals surface area contributed by atoms with Crippen LogP contribution in [0.15, 0.2) is 0 Å². The average Bonchev–Trinajstić information content (AvgIpc) is 2.79. The topological polar surface area (TPSA) is 90.0 Å². The number of aliphatic hydroxyl groups is 1. The summed E-state index contributed by atoms with van der Waals surface area (Å²) < 4.78 is 0. The minimum atomic E-state index is -0.339. The molecule has 7 heteroatoms. The number of amides is 1. The zero-order valence-corrected chi connectivity index (χ0v) is 12.7. The number of H-pyrrole nitrogens is 1. The molecule has 2 unspecified atom stereocenters. The molecule has 0 fully saturated rings. The molecule has 2 atom stereocenters. The minimum absolute atomic E-state index is 0. The SMILES string of the molecule is CC(O)CC(C)CNC(=O)c1n[nH]c2c1CNCC2.Cl. The molecule has 0 saturated carbocycles. The van der Waals surface area contributed by atoms with E-state index in [0.29, 0.717) is 25.2 Å². The Morgan fingerprint density at radius 2 is 2.25 bits per heavy atom. The molecule has 0 radical (unpaired) electrons. The third-order valence-electron chi connectivity index (χ3n) is 3.38. The number of aromatic amines is 1. The molecule has 6 nitrogen and oxygen atoms in total. The van der Waals surface area contributed by atoms with E-state index in [2.05, 4.69) is 20.8 Å². The van der Waals surface area contributed by atoms with Gasteiger partial charge in [0.1, 0.15) is 0 Å². The fraction of sp³-hybridized carbons (Fsp3) is 0.692. The molecule has 0 aliphatic carbocycles. The van der Waals surface area contributed by atoms with E-state index < -0.39 is 0 Å². The third-order valence-corrected chi connectivity index (χ3v) is 3.38. The number of fused-ring (bicyclic) bond motifs is 1. The van der Waals surface area contributed by atoms with Crippen LogP contribution in [-0.4, -0.2) is 40.4 Å². The van der Waals surface area contributed by atoms with Gasteiger partial charge in [-0.2, -0.15) is 5.10 Å². The van der Waals surface area contributed by atoms with Crippen molar-refractivity contribution >= 4 is 18.3 Å². The first-order valence-corrected chi connectivity index (χ1v) is 6.81. The summed E-state index contributed by atoms with van der Waals surface area (Å²) in [5, 5.41) is 22.5. The van der Waals surface area contributed by atoms with Crippen molar-refractivity contribution in [2.24, 2.45) is 5.92 Å². The highest BCUT2D eigenvalue weighted by molar-refractivity contribution is 5.94. The van der Waals surface area contributed by atoms with E-state index in [0.717, 1.165) is 24.2 Å². The van der Waals surface area contributed by atoms with Gasteiger partial charge in [0.05, 0.1) is 6.10 Å². The number of hydrogen-bond acceptors (Lipinski definition) is 4. The van der Waals surface area contributed by atoms with Gasteiger partial charge in [-0.05, 0) is 19.3 Å². The maximum absolute atomic E-state index is 12.1. The Hall–Kier alpha value is -1.11. The lowest BCUT2D eigenvalue weighted by Crippen LogP contribution is -2.31.